The molecule has 2 nitrogen and oxygen atoms in total. The Morgan fingerprint density at radius 2 is 2.13 bits per heavy atom. The van der Waals surface area contributed by atoms with Crippen molar-refractivity contribution >= 4 is 17.4 Å². The topological polar surface area (TPSA) is 24.9 Å². The second-order valence-electron chi connectivity index (χ2n) is 4.72. The van der Waals surface area contributed by atoms with Crippen molar-refractivity contribution in [2.24, 2.45) is 5.41 Å². The predicted octanol–water partition coefficient (Wildman–Crippen LogP) is 3.73. The number of hydrogen-bond donors (Lipinski definition) is 1. The van der Waals surface area contributed by atoms with Crippen LogP contribution in [-0.4, -0.2) is 11.5 Å². The van der Waals surface area contributed by atoms with Crippen LogP contribution in [0, 0.1) is 5.41 Å². The summed E-state index contributed by atoms with van der Waals surface area (Å²) in [4.78, 5) is 4.22. The van der Waals surface area contributed by atoms with Gasteiger partial charge in [0.1, 0.15) is 11.0 Å². The SMILES string of the molecule is CC1(CNc2cccc(Cl)n2)CCCC1. The third-order valence-electron chi connectivity index (χ3n) is 3.22. The first-order valence-corrected chi connectivity index (χ1v) is 5.92. The molecule has 1 aliphatic rings. The van der Waals surface area contributed by atoms with E-state index in [0.717, 1.165) is 12.4 Å². The van der Waals surface area contributed by atoms with Crippen molar-refractivity contribution in [2.45, 2.75) is 32.6 Å². The van der Waals surface area contributed by atoms with Crippen LogP contribution in [0.4, 0.5) is 5.82 Å². The Labute approximate surface area is 96.1 Å². The number of anilines is 1. The lowest BCUT2D eigenvalue weighted by Gasteiger charge is -2.23. The standard InChI is InChI=1S/C12H17ClN2/c1-12(7-2-3-8-12)9-14-11-6-4-5-10(13)15-11/h4-6H,2-3,7-9H2,1H3,(H,14,15). The van der Waals surface area contributed by atoms with Crippen LogP contribution in [0.1, 0.15) is 32.6 Å². The molecule has 1 fully saturated rings. The molecule has 3 heteroatoms. The Bertz CT molecular complexity index is 332. The molecule has 1 heterocycles. The van der Waals surface area contributed by atoms with Crippen LogP contribution in [0.3, 0.4) is 0 Å². The lowest BCUT2D eigenvalue weighted by atomic mass is 9.89. The summed E-state index contributed by atoms with van der Waals surface area (Å²) in [6.07, 6.45) is 5.36. The highest BCUT2D eigenvalue weighted by atomic mass is 35.5. The molecule has 2 rings (SSSR count). The Morgan fingerprint density at radius 3 is 2.80 bits per heavy atom. The van der Waals surface area contributed by atoms with Crippen molar-refractivity contribution in [3.63, 3.8) is 0 Å². The maximum atomic E-state index is 5.82. The summed E-state index contributed by atoms with van der Waals surface area (Å²) in [5, 5.41) is 3.92. The van der Waals surface area contributed by atoms with Crippen molar-refractivity contribution in [3.8, 4) is 0 Å². The number of halogens is 1. The maximum absolute atomic E-state index is 5.82. The number of nitrogens with one attached hydrogen (secondary N) is 1. The van der Waals surface area contributed by atoms with Gasteiger partial charge in [-0.2, -0.15) is 0 Å². The minimum atomic E-state index is 0.448. The van der Waals surface area contributed by atoms with Gasteiger partial charge in [0.25, 0.3) is 0 Å². The highest BCUT2D eigenvalue weighted by Crippen LogP contribution is 2.37. The second-order valence-corrected chi connectivity index (χ2v) is 5.10. The van der Waals surface area contributed by atoms with Crippen molar-refractivity contribution in [2.75, 3.05) is 11.9 Å². The average molecular weight is 225 g/mol. The van der Waals surface area contributed by atoms with E-state index in [-0.39, 0.29) is 0 Å². The van der Waals surface area contributed by atoms with E-state index >= 15 is 0 Å². The van der Waals surface area contributed by atoms with Gasteiger partial charge in [-0.3, -0.25) is 0 Å². The van der Waals surface area contributed by atoms with E-state index in [9.17, 15) is 0 Å². The van der Waals surface area contributed by atoms with E-state index in [1.807, 2.05) is 12.1 Å². The van der Waals surface area contributed by atoms with E-state index in [2.05, 4.69) is 17.2 Å². The van der Waals surface area contributed by atoms with Crippen LogP contribution in [0.15, 0.2) is 18.2 Å². The quantitative estimate of drug-likeness (QED) is 0.792. The van der Waals surface area contributed by atoms with Crippen molar-refractivity contribution in [1.29, 1.82) is 0 Å². The molecule has 0 radical (unpaired) electrons. The monoisotopic (exact) mass is 224 g/mol. The second kappa shape index (κ2) is 4.40. The summed E-state index contributed by atoms with van der Waals surface area (Å²) in [6, 6.07) is 5.68. The normalized spacial score (nSPS) is 19.1. The van der Waals surface area contributed by atoms with Gasteiger partial charge >= 0.3 is 0 Å². The molecule has 1 saturated carbocycles. The van der Waals surface area contributed by atoms with Gasteiger partial charge in [0.05, 0.1) is 0 Å². The number of nitrogens with zero attached hydrogens (tertiary/aromatic N) is 1. The summed E-state index contributed by atoms with van der Waals surface area (Å²) in [5.74, 6) is 0.885. The number of hydrogen-bond acceptors (Lipinski definition) is 2. The number of pyridine rings is 1. The molecule has 0 aromatic carbocycles. The fourth-order valence-electron chi connectivity index (χ4n) is 2.22. The molecule has 0 bridgehead atoms. The summed E-state index contributed by atoms with van der Waals surface area (Å²) < 4.78 is 0. The molecular formula is C12H17ClN2. The summed E-state index contributed by atoms with van der Waals surface area (Å²) in [6.45, 7) is 3.35. The highest BCUT2D eigenvalue weighted by Gasteiger charge is 2.28. The molecule has 82 valence electrons. The lowest BCUT2D eigenvalue weighted by Crippen LogP contribution is -2.23. The summed E-state index contributed by atoms with van der Waals surface area (Å²) >= 11 is 5.82. The van der Waals surface area contributed by atoms with Gasteiger partial charge in [-0.05, 0) is 30.4 Å². The van der Waals surface area contributed by atoms with Crippen LogP contribution in [-0.2, 0) is 0 Å². The molecule has 0 saturated heterocycles. The molecular weight excluding hydrogens is 208 g/mol. The number of rotatable bonds is 3. The molecule has 0 aliphatic heterocycles. The molecule has 0 amide bonds. The van der Waals surface area contributed by atoms with E-state index in [4.69, 9.17) is 11.6 Å². The van der Waals surface area contributed by atoms with E-state index in [1.54, 1.807) is 6.07 Å². The molecule has 1 aromatic heterocycles. The summed E-state index contributed by atoms with van der Waals surface area (Å²) in [5.41, 5.74) is 0.448. The Hall–Kier alpha value is -0.760. The van der Waals surface area contributed by atoms with Gasteiger partial charge in [0.2, 0.25) is 0 Å². The van der Waals surface area contributed by atoms with Crippen LogP contribution in [0.5, 0.6) is 0 Å². The highest BCUT2D eigenvalue weighted by molar-refractivity contribution is 6.29. The smallest absolute Gasteiger partial charge is 0.131 e. The number of aromatic nitrogens is 1. The van der Waals surface area contributed by atoms with E-state index < -0.39 is 0 Å². The molecule has 0 spiro atoms. The van der Waals surface area contributed by atoms with Gasteiger partial charge in [-0.25, -0.2) is 4.98 Å². The first kappa shape index (κ1) is 10.7. The average Bonchev–Trinajstić information content (AvgIpc) is 2.63. The Kier molecular flexibility index (Phi) is 3.15. The zero-order chi connectivity index (χ0) is 10.7. The maximum Gasteiger partial charge on any atom is 0.131 e. The van der Waals surface area contributed by atoms with Crippen LogP contribution >= 0.6 is 11.6 Å². The van der Waals surface area contributed by atoms with Gasteiger partial charge in [-0.1, -0.05) is 37.4 Å². The molecule has 0 atom stereocenters. The van der Waals surface area contributed by atoms with Crippen molar-refractivity contribution < 1.29 is 0 Å². The van der Waals surface area contributed by atoms with Gasteiger partial charge in [0, 0.05) is 6.54 Å². The third kappa shape index (κ3) is 2.85. The molecule has 1 aliphatic carbocycles. The van der Waals surface area contributed by atoms with Gasteiger partial charge in [-0.15, -0.1) is 0 Å². The van der Waals surface area contributed by atoms with Crippen LogP contribution in [0.25, 0.3) is 0 Å². The largest absolute Gasteiger partial charge is 0.369 e. The fourth-order valence-corrected chi connectivity index (χ4v) is 2.38. The van der Waals surface area contributed by atoms with E-state index in [1.165, 1.54) is 25.7 Å². The zero-order valence-electron chi connectivity index (χ0n) is 9.09. The predicted molar refractivity (Wildman–Crippen MR) is 64.3 cm³/mol. The Morgan fingerprint density at radius 1 is 1.40 bits per heavy atom. The molecule has 15 heavy (non-hydrogen) atoms. The van der Waals surface area contributed by atoms with Crippen molar-refractivity contribution in [1.82, 2.24) is 4.98 Å². The molecule has 1 N–H and O–H groups in total. The summed E-state index contributed by atoms with van der Waals surface area (Å²) in [7, 11) is 0. The van der Waals surface area contributed by atoms with E-state index in [0.29, 0.717) is 10.6 Å². The first-order valence-electron chi connectivity index (χ1n) is 5.54. The van der Waals surface area contributed by atoms with Gasteiger partial charge < -0.3 is 5.32 Å². The van der Waals surface area contributed by atoms with Crippen LogP contribution < -0.4 is 5.32 Å². The first-order chi connectivity index (χ1) is 7.18. The van der Waals surface area contributed by atoms with Gasteiger partial charge in [0.15, 0.2) is 0 Å². The minimum Gasteiger partial charge on any atom is -0.369 e. The lowest BCUT2D eigenvalue weighted by molar-refractivity contribution is 0.361. The fraction of sp³-hybridized carbons (Fsp3) is 0.583. The molecule has 1 aromatic rings. The minimum absolute atomic E-state index is 0.448. The third-order valence-corrected chi connectivity index (χ3v) is 3.43. The van der Waals surface area contributed by atoms with Crippen molar-refractivity contribution in [3.05, 3.63) is 23.4 Å². The van der Waals surface area contributed by atoms with Crippen LogP contribution in [0.2, 0.25) is 5.15 Å². The zero-order valence-corrected chi connectivity index (χ0v) is 9.85. The molecule has 0 unspecified atom stereocenters. The Balaban J connectivity index is 1.92.